The topological polar surface area (TPSA) is 48.4 Å². The molecule has 1 saturated heterocycles. The largest absolute Gasteiger partial charge is 0.347 e. The van der Waals surface area contributed by atoms with Crippen molar-refractivity contribution in [2.24, 2.45) is 0 Å². The fraction of sp³-hybridized carbons (Fsp3) is 0.500. The number of Topliss-reactive ketones (excluding diaryl/α,β-unsaturated/α-hetero) is 1. The SMILES string of the molecule is Cc1cc(C(=O)[C@@H]2COC(C)(C)O2)cnc1Br. The van der Waals surface area contributed by atoms with Gasteiger partial charge in [0.15, 0.2) is 11.6 Å². The first kappa shape index (κ1) is 12.7. The van der Waals surface area contributed by atoms with E-state index >= 15 is 0 Å². The van der Waals surface area contributed by atoms with Gasteiger partial charge in [0.05, 0.1) is 6.61 Å². The molecule has 0 unspecified atom stereocenters. The van der Waals surface area contributed by atoms with Crippen molar-refractivity contribution in [2.75, 3.05) is 6.61 Å². The summed E-state index contributed by atoms with van der Waals surface area (Å²) in [5.74, 6) is -0.767. The van der Waals surface area contributed by atoms with Crippen molar-refractivity contribution < 1.29 is 14.3 Å². The van der Waals surface area contributed by atoms with Crippen LogP contribution in [0, 0.1) is 6.92 Å². The number of carbonyl (C=O) groups excluding carboxylic acids is 1. The van der Waals surface area contributed by atoms with Crippen molar-refractivity contribution in [1.29, 1.82) is 0 Å². The molecule has 1 fully saturated rings. The van der Waals surface area contributed by atoms with Crippen molar-refractivity contribution in [3.63, 3.8) is 0 Å². The Labute approximate surface area is 108 Å². The average Bonchev–Trinajstić information content (AvgIpc) is 2.62. The minimum atomic E-state index is -0.682. The van der Waals surface area contributed by atoms with Gasteiger partial charge in [-0.3, -0.25) is 4.79 Å². The van der Waals surface area contributed by atoms with Crippen LogP contribution in [-0.2, 0) is 9.47 Å². The molecule has 0 radical (unpaired) electrons. The van der Waals surface area contributed by atoms with Crippen LogP contribution in [0.25, 0.3) is 0 Å². The van der Waals surface area contributed by atoms with E-state index in [4.69, 9.17) is 9.47 Å². The van der Waals surface area contributed by atoms with E-state index in [1.807, 2.05) is 6.92 Å². The normalized spacial score (nSPS) is 22.7. The van der Waals surface area contributed by atoms with Gasteiger partial charge in [0.2, 0.25) is 0 Å². The molecule has 0 aromatic carbocycles. The van der Waals surface area contributed by atoms with E-state index in [2.05, 4.69) is 20.9 Å². The van der Waals surface area contributed by atoms with E-state index in [9.17, 15) is 4.79 Å². The van der Waals surface area contributed by atoms with Crippen LogP contribution in [0.15, 0.2) is 16.9 Å². The summed E-state index contributed by atoms with van der Waals surface area (Å²) in [5, 5.41) is 0. The van der Waals surface area contributed by atoms with Crippen LogP contribution in [0.4, 0.5) is 0 Å². The summed E-state index contributed by atoms with van der Waals surface area (Å²) in [7, 11) is 0. The molecule has 92 valence electrons. The first-order valence-electron chi connectivity index (χ1n) is 5.37. The van der Waals surface area contributed by atoms with Crippen LogP contribution in [0.2, 0.25) is 0 Å². The zero-order valence-electron chi connectivity index (χ0n) is 9.99. The highest BCUT2D eigenvalue weighted by Crippen LogP contribution is 2.25. The lowest BCUT2D eigenvalue weighted by atomic mass is 10.1. The number of hydrogen-bond donors (Lipinski definition) is 0. The van der Waals surface area contributed by atoms with Gasteiger partial charge < -0.3 is 9.47 Å². The lowest BCUT2D eigenvalue weighted by molar-refractivity contribution is -0.133. The van der Waals surface area contributed by atoms with Gasteiger partial charge >= 0.3 is 0 Å². The molecule has 0 saturated carbocycles. The fourth-order valence-electron chi connectivity index (χ4n) is 1.69. The Hall–Kier alpha value is -0.780. The second-order valence-corrected chi connectivity index (χ2v) is 5.26. The van der Waals surface area contributed by atoms with Crippen molar-refractivity contribution in [2.45, 2.75) is 32.7 Å². The molecule has 5 heteroatoms. The highest BCUT2D eigenvalue weighted by atomic mass is 79.9. The number of hydrogen-bond acceptors (Lipinski definition) is 4. The van der Waals surface area contributed by atoms with Crippen LogP contribution in [0.3, 0.4) is 0 Å². The maximum absolute atomic E-state index is 12.1. The predicted octanol–water partition coefficient (Wildman–Crippen LogP) is 2.49. The summed E-state index contributed by atoms with van der Waals surface area (Å²) < 4.78 is 11.6. The van der Waals surface area contributed by atoms with Gasteiger partial charge in [-0.1, -0.05) is 0 Å². The molecule has 1 aliphatic heterocycles. The lowest BCUT2D eigenvalue weighted by Gasteiger charge is -2.16. The van der Waals surface area contributed by atoms with Crippen LogP contribution in [0.1, 0.15) is 29.8 Å². The zero-order chi connectivity index (χ0) is 12.6. The second-order valence-electron chi connectivity index (χ2n) is 4.51. The number of rotatable bonds is 2. The average molecular weight is 300 g/mol. The Morgan fingerprint density at radius 1 is 1.59 bits per heavy atom. The van der Waals surface area contributed by atoms with Gasteiger partial charge in [0, 0.05) is 11.8 Å². The number of ether oxygens (including phenoxy) is 2. The number of halogens is 1. The summed E-state index contributed by atoms with van der Waals surface area (Å²) in [6, 6.07) is 1.80. The minimum Gasteiger partial charge on any atom is -0.347 e. The number of pyridine rings is 1. The molecule has 1 atom stereocenters. The summed E-state index contributed by atoms with van der Waals surface area (Å²) in [5.41, 5.74) is 1.48. The molecule has 2 heterocycles. The molecular weight excluding hydrogens is 286 g/mol. The third-order valence-corrected chi connectivity index (χ3v) is 3.43. The van der Waals surface area contributed by atoms with Gasteiger partial charge in [-0.15, -0.1) is 0 Å². The molecule has 1 aliphatic rings. The van der Waals surface area contributed by atoms with E-state index in [1.54, 1.807) is 26.1 Å². The Morgan fingerprint density at radius 2 is 2.29 bits per heavy atom. The number of ketones is 1. The van der Waals surface area contributed by atoms with Crippen LogP contribution < -0.4 is 0 Å². The fourth-order valence-corrected chi connectivity index (χ4v) is 1.91. The van der Waals surface area contributed by atoms with Gasteiger partial charge in [-0.05, 0) is 48.3 Å². The summed E-state index contributed by atoms with van der Waals surface area (Å²) in [4.78, 5) is 16.2. The van der Waals surface area contributed by atoms with Crippen LogP contribution in [-0.4, -0.2) is 29.3 Å². The highest BCUT2D eigenvalue weighted by molar-refractivity contribution is 9.10. The third kappa shape index (κ3) is 2.73. The number of nitrogens with zero attached hydrogens (tertiary/aromatic N) is 1. The Morgan fingerprint density at radius 3 is 2.82 bits per heavy atom. The maximum Gasteiger partial charge on any atom is 0.195 e. The lowest BCUT2D eigenvalue weighted by Crippen LogP contribution is -2.27. The standard InChI is InChI=1S/C12H14BrNO3/c1-7-4-8(5-14-11(7)13)10(15)9-6-16-12(2,3)17-9/h4-5,9H,6H2,1-3H3/t9-/m0/s1. The molecule has 0 amide bonds. The van der Waals surface area contributed by atoms with Gasteiger partial charge in [0.1, 0.15) is 10.7 Å². The Balaban J connectivity index is 2.18. The molecule has 17 heavy (non-hydrogen) atoms. The Bertz CT molecular complexity index is 459. The van der Waals surface area contributed by atoms with E-state index in [0.29, 0.717) is 12.2 Å². The first-order chi connectivity index (χ1) is 7.89. The number of carbonyl (C=O) groups is 1. The van der Waals surface area contributed by atoms with E-state index in [0.717, 1.165) is 10.2 Å². The van der Waals surface area contributed by atoms with Crippen molar-refractivity contribution >= 4 is 21.7 Å². The van der Waals surface area contributed by atoms with E-state index in [1.165, 1.54) is 0 Å². The quantitative estimate of drug-likeness (QED) is 0.622. The number of aryl methyl sites for hydroxylation is 1. The van der Waals surface area contributed by atoms with Crippen LogP contribution in [0.5, 0.6) is 0 Å². The molecule has 1 aromatic rings. The zero-order valence-corrected chi connectivity index (χ0v) is 11.6. The predicted molar refractivity (Wildman–Crippen MR) is 65.9 cm³/mol. The first-order valence-corrected chi connectivity index (χ1v) is 6.16. The van der Waals surface area contributed by atoms with E-state index in [-0.39, 0.29) is 5.78 Å². The molecular formula is C12H14BrNO3. The maximum atomic E-state index is 12.1. The molecule has 0 bridgehead atoms. The molecule has 0 N–H and O–H groups in total. The molecule has 2 rings (SSSR count). The summed E-state index contributed by atoms with van der Waals surface area (Å²) in [6.07, 6.45) is 1.01. The van der Waals surface area contributed by atoms with Crippen molar-refractivity contribution in [3.05, 3.63) is 28.0 Å². The molecule has 0 aliphatic carbocycles. The summed E-state index contributed by atoms with van der Waals surface area (Å²) in [6.45, 7) is 5.78. The third-order valence-electron chi connectivity index (χ3n) is 2.60. The smallest absolute Gasteiger partial charge is 0.195 e. The number of aromatic nitrogens is 1. The highest BCUT2D eigenvalue weighted by Gasteiger charge is 2.37. The van der Waals surface area contributed by atoms with E-state index < -0.39 is 11.9 Å². The van der Waals surface area contributed by atoms with Gasteiger partial charge in [0.25, 0.3) is 0 Å². The van der Waals surface area contributed by atoms with Gasteiger partial charge in [-0.2, -0.15) is 0 Å². The Kier molecular flexibility index (Phi) is 3.34. The van der Waals surface area contributed by atoms with Crippen LogP contribution >= 0.6 is 15.9 Å². The van der Waals surface area contributed by atoms with Crippen molar-refractivity contribution in [3.8, 4) is 0 Å². The van der Waals surface area contributed by atoms with Crippen molar-refractivity contribution in [1.82, 2.24) is 4.98 Å². The molecule has 0 spiro atoms. The summed E-state index contributed by atoms with van der Waals surface area (Å²) >= 11 is 3.30. The minimum absolute atomic E-state index is 0.0846. The second kappa shape index (κ2) is 4.48. The van der Waals surface area contributed by atoms with Gasteiger partial charge in [-0.25, -0.2) is 4.98 Å². The molecule has 4 nitrogen and oxygen atoms in total. The monoisotopic (exact) mass is 299 g/mol. The molecule has 1 aromatic heterocycles.